The number of urea groups is 1. The van der Waals surface area contributed by atoms with Crippen LogP contribution in [0, 0.1) is 5.92 Å². The maximum absolute atomic E-state index is 11.8. The van der Waals surface area contributed by atoms with E-state index in [0.29, 0.717) is 19.3 Å². The Balaban J connectivity index is 2.25. The molecule has 1 rings (SSSR count). The summed E-state index contributed by atoms with van der Waals surface area (Å²) in [5, 5.41) is 4.60. The van der Waals surface area contributed by atoms with E-state index in [-0.39, 0.29) is 17.9 Å². The van der Waals surface area contributed by atoms with Crippen molar-refractivity contribution in [3.05, 3.63) is 0 Å². The van der Waals surface area contributed by atoms with Gasteiger partial charge in [0.2, 0.25) is 0 Å². The van der Waals surface area contributed by atoms with Crippen LogP contribution in [-0.4, -0.2) is 38.1 Å². The minimum atomic E-state index is -2.56. The Kier molecular flexibility index (Phi) is 5.11. The van der Waals surface area contributed by atoms with Crippen LogP contribution in [0.4, 0.5) is 13.6 Å². The van der Waals surface area contributed by atoms with E-state index in [1.54, 1.807) is 0 Å². The fourth-order valence-corrected chi connectivity index (χ4v) is 1.90. The second-order valence-corrected chi connectivity index (χ2v) is 3.98. The summed E-state index contributed by atoms with van der Waals surface area (Å²) in [7, 11) is 1.32. The van der Waals surface area contributed by atoms with Crippen LogP contribution in [0.25, 0.3) is 0 Å². The molecule has 0 radical (unpaired) electrons. The fourth-order valence-electron chi connectivity index (χ4n) is 1.90. The number of amides is 2. The number of methoxy groups -OCH3 is 1. The van der Waals surface area contributed by atoms with E-state index in [4.69, 9.17) is 0 Å². The van der Waals surface area contributed by atoms with Gasteiger partial charge in [-0.1, -0.05) is 0 Å². The second kappa shape index (κ2) is 6.36. The molecule has 2 atom stereocenters. The van der Waals surface area contributed by atoms with Gasteiger partial charge in [-0.15, -0.1) is 0 Å². The molecule has 17 heavy (non-hydrogen) atoms. The summed E-state index contributed by atoms with van der Waals surface area (Å²) in [4.78, 5) is 22.4. The van der Waals surface area contributed by atoms with Crippen molar-refractivity contribution in [2.75, 3.05) is 13.7 Å². The van der Waals surface area contributed by atoms with E-state index < -0.39 is 19.0 Å². The maximum atomic E-state index is 11.8. The van der Waals surface area contributed by atoms with E-state index in [9.17, 15) is 18.4 Å². The molecule has 2 amide bonds. The molecular weight excluding hydrogens is 234 g/mol. The highest BCUT2D eigenvalue weighted by Gasteiger charge is 2.31. The molecule has 1 saturated carbocycles. The van der Waals surface area contributed by atoms with Gasteiger partial charge in [0, 0.05) is 6.04 Å². The molecular formula is C10H16F2N2O3. The predicted molar refractivity (Wildman–Crippen MR) is 55.7 cm³/mol. The standard InChI is InChI=1S/C10H16F2N2O3/c1-17-9(15)6-2-3-7(4-6)14-10(16)13-5-8(11)12/h6-8H,2-5H2,1H3,(H2,13,14,16)/t6-,7-/m0/s1. The van der Waals surface area contributed by atoms with Crippen LogP contribution < -0.4 is 10.6 Å². The third-order valence-corrected chi connectivity index (χ3v) is 2.72. The summed E-state index contributed by atoms with van der Waals surface area (Å²) >= 11 is 0. The zero-order chi connectivity index (χ0) is 12.8. The average molecular weight is 250 g/mol. The smallest absolute Gasteiger partial charge is 0.315 e. The molecule has 1 aliphatic carbocycles. The third kappa shape index (κ3) is 4.54. The van der Waals surface area contributed by atoms with E-state index in [2.05, 4.69) is 15.4 Å². The van der Waals surface area contributed by atoms with Crippen LogP contribution in [0.3, 0.4) is 0 Å². The lowest BCUT2D eigenvalue weighted by atomic mass is 10.1. The number of ether oxygens (including phenoxy) is 1. The fraction of sp³-hybridized carbons (Fsp3) is 0.800. The Hall–Kier alpha value is -1.40. The molecule has 5 nitrogen and oxygen atoms in total. The number of carbonyl (C=O) groups excluding carboxylic acids is 2. The van der Waals surface area contributed by atoms with Gasteiger partial charge in [0.25, 0.3) is 6.43 Å². The van der Waals surface area contributed by atoms with Crippen LogP contribution in [0.15, 0.2) is 0 Å². The summed E-state index contributed by atoms with van der Waals surface area (Å²) in [5.74, 6) is -0.498. The van der Waals surface area contributed by atoms with Crippen LogP contribution in [0.1, 0.15) is 19.3 Å². The lowest BCUT2D eigenvalue weighted by molar-refractivity contribution is -0.145. The molecule has 0 saturated heterocycles. The van der Waals surface area contributed by atoms with Crippen LogP contribution >= 0.6 is 0 Å². The Labute approximate surface area is 97.9 Å². The van der Waals surface area contributed by atoms with Gasteiger partial charge in [-0.3, -0.25) is 4.79 Å². The highest BCUT2D eigenvalue weighted by Crippen LogP contribution is 2.26. The van der Waals surface area contributed by atoms with E-state index >= 15 is 0 Å². The summed E-state index contributed by atoms with van der Waals surface area (Å²) in [6.45, 7) is -0.668. The quantitative estimate of drug-likeness (QED) is 0.728. The number of alkyl halides is 2. The van der Waals surface area contributed by atoms with Crippen molar-refractivity contribution in [1.82, 2.24) is 10.6 Å². The van der Waals surface area contributed by atoms with Crippen molar-refractivity contribution in [3.8, 4) is 0 Å². The zero-order valence-electron chi connectivity index (χ0n) is 9.54. The second-order valence-electron chi connectivity index (χ2n) is 3.98. The maximum Gasteiger partial charge on any atom is 0.315 e. The molecule has 0 aliphatic heterocycles. The number of halogens is 2. The Morgan fingerprint density at radius 2 is 2.12 bits per heavy atom. The lowest BCUT2D eigenvalue weighted by Crippen LogP contribution is -2.42. The first-order valence-electron chi connectivity index (χ1n) is 5.43. The molecule has 7 heteroatoms. The van der Waals surface area contributed by atoms with Crippen molar-refractivity contribution in [2.45, 2.75) is 31.7 Å². The van der Waals surface area contributed by atoms with Gasteiger partial charge >= 0.3 is 12.0 Å². The zero-order valence-corrected chi connectivity index (χ0v) is 9.54. The molecule has 0 bridgehead atoms. The minimum Gasteiger partial charge on any atom is -0.469 e. The van der Waals surface area contributed by atoms with Crippen molar-refractivity contribution >= 4 is 12.0 Å². The molecule has 1 fully saturated rings. The number of nitrogens with one attached hydrogen (secondary N) is 2. The van der Waals surface area contributed by atoms with Crippen LogP contribution in [-0.2, 0) is 9.53 Å². The molecule has 0 unspecified atom stereocenters. The summed E-state index contributed by atoms with van der Waals surface area (Å²) in [6.07, 6.45) is -0.768. The van der Waals surface area contributed by atoms with Gasteiger partial charge in [0.05, 0.1) is 19.6 Å². The number of hydrogen-bond donors (Lipinski definition) is 2. The average Bonchev–Trinajstić information content (AvgIpc) is 2.73. The SMILES string of the molecule is COC(=O)[C@H]1CC[C@H](NC(=O)NCC(F)F)C1. The molecule has 1 aliphatic rings. The summed E-state index contributed by atoms with van der Waals surface area (Å²) < 4.78 is 28.2. The largest absolute Gasteiger partial charge is 0.469 e. The highest BCUT2D eigenvalue weighted by molar-refractivity contribution is 5.75. The highest BCUT2D eigenvalue weighted by atomic mass is 19.3. The number of esters is 1. The normalized spacial score (nSPS) is 23.5. The third-order valence-electron chi connectivity index (χ3n) is 2.72. The van der Waals surface area contributed by atoms with Crippen molar-refractivity contribution in [1.29, 1.82) is 0 Å². The summed E-state index contributed by atoms with van der Waals surface area (Å²) in [6, 6.07) is -0.780. The van der Waals surface area contributed by atoms with Gasteiger partial charge in [-0.05, 0) is 19.3 Å². The van der Waals surface area contributed by atoms with E-state index in [0.717, 1.165) is 0 Å². The predicted octanol–water partition coefficient (Wildman–Crippen LogP) is 0.892. The van der Waals surface area contributed by atoms with Crippen molar-refractivity contribution in [3.63, 3.8) is 0 Å². The van der Waals surface area contributed by atoms with E-state index in [1.165, 1.54) is 7.11 Å². The van der Waals surface area contributed by atoms with Gasteiger partial charge in [-0.25, -0.2) is 13.6 Å². The van der Waals surface area contributed by atoms with Gasteiger partial charge in [-0.2, -0.15) is 0 Å². The molecule has 0 aromatic carbocycles. The van der Waals surface area contributed by atoms with E-state index in [1.807, 2.05) is 0 Å². The lowest BCUT2D eigenvalue weighted by Gasteiger charge is -2.13. The van der Waals surface area contributed by atoms with Crippen molar-refractivity contribution < 1.29 is 23.1 Å². The summed E-state index contributed by atoms with van der Waals surface area (Å²) in [5.41, 5.74) is 0. The van der Waals surface area contributed by atoms with Gasteiger partial charge in [0.15, 0.2) is 0 Å². The molecule has 98 valence electrons. The molecule has 0 spiro atoms. The monoisotopic (exact) mass is 250 g/mol. The molecule has 0 heterocycles. The Morgan fingerprint density at radius 3 is 2.71 bits per heavy atom. The number of hydrogen-bond acceptors (Lipinski definition) is 3. The first-order chi connectivity index (χ1) is 8.02. The molecule has 2 N–H and O–H groups in total. The Bertz CT molecular complexity index is 287. The van der Waals surface area contributed by atoms with Gasteiger partial charge < -0.3 is 15.4 Å². The molecule has 0 aromatic rings. The molecule has 0 aromatic heterocycles. The number of rotatable bonds is 4. The van der Waals surface area contributed by atoms with Gasteiger partial charge in [0.1, 0.15) is 0 Å². The van der Waals surface area contributed by atoms with Crippen LogP contribution in [0.5, 0.6) is 0 Å². The van der Waals surface area contributed by atoms with Crippen molar-refractivity contribution in [2.24, 2.45) is 5.92 Å². The number of carbonyl (C=O) groups is 2. The minimum absolute atomic E-state index is 0.156. The first-order valence-corrected chi connectivity index (χ1v) is 5.43. The Morgan fingerprint density at radius 1 is 1.41 bits per heavy atom. The first kappa shape index (κ1) is 13.7. The topological polar surface area (TPSA) is 67.4 Å². The van der Waals surface area contributed by atoms with Crippen LogP contribution in [0.2, 0.25) is 0 Å².